The van der Waals surface area contributed by atoms with Crippen LogP contribution in [0.5, 0.6) is 0 Å². The third-order valence-corrected chi connectivity index (χ3v) is 5.47. The first kappa shape index (κ1) is 22.6. The summed E-state index contributed by atoms with van der Waals surface area (Å²) in [4.78, 5) is 38.2. The summed E-state index contributed by atoms with van der Waals surface area (Å²) >= 11 is 12.1. The first-order valence-electron chi connectivity index (χ1n) is 9.19. The SMILES string of the molecule is O=C1NC(=O)N(c2cccc(Cl)c2Cl)C(=O)/C1=C/c1ccc(-c2cccc(C(F)(F)F)c2)o1. The molecule has 1 aromatic heterocycles. The highest BCUT2D eigenvalue weighted by atomic mass is 35.5. The van der Waals surface area contributed by atoms with Gasteiger partial charge in [0.1, 0.15) is 17.1 Å². The van der Waals surface area contributed by atoms with Gasteiger partial charge < -0.3 is 4.42 Å². The predicted octanol–water partition coefficient (Wildman–Crippen LogP) is 5.94. The molecule has 0 radical (unpaired) electrons. The summed E-state index contributed by atoms with van der Waals surface area (Å²) in [6.07, 6.45) is -3.45. The van der Waals surface area contributed by atoms with Gasteiger partial charge in [0.05, 0.1) is 21.3 Å². The number of nitrogens with one attached hydrogen (secondary N) is 1. The lowest BCUT2D eigenvalue weighted by Gasteiger charge is -2.27. The van der Waals surface area contributed by atoms with Gasteiger partial charge in [-0.25, -0.2) is 9.69 Å². The number of halogens is 5. The number of urea groups is 1. The van der Waals surface area contributed by atoms with Gasteiger partial charge in [-0.3, -0.25) is 14.9 Å². The Kier molecular flexibility index (Phi) is 5.77. The number of hydrogen-bond donors (Lipinski definition) is 1. The summed E-state index contributed by atoms with van der Waals surface area (Å²) < 4.78 is 44.4. The molecule has 0 spiro atoms. The van der Waals surface area contributed by atoms with Crippen LogP contribution >= 0.6 is 23.2 Å². The number of anilines is 1. The van der Waals surface area contributed by atoms with Gasteiger partial charge in [0, 0.05) is 5.56 Å². The van der Waals surface area contributed by atoms with Crippen molar-refractivity contribution in [3.8, 4) is 11.3 Å². The Balaban J connectivity index is 1.69. The van der Waals surface area contributed by atoms with Gasteiger partial charge in [0.15, 0.2) is 0 Å². The molecule has 4 rings (SSSR count). The number of carbonyl (C=O) groups excluding carboxylic acids is 3. The summed E-state index contributed by atoms with van der Waals surface area (Å²) in [5, 5.41) is 2.05. The molecule has 0 saturated carbocycles. The van der Waals surface area contributed by atoms with Crippen LogP contribution in [0.25, 0.3) is 17.4 Å². The van der Waals surface area contributed by atoms with Crippen molar-refractivity contribution in [2.75, 3.05) is 4.90 Å². The average molecular weight is 495 g/mol. The van der Waals surface area contributed by atoms with Gasteiger partial charge in [-0.05, 0) is 42.5 Å². The highest BCUT2D eigenvalue weighted by Crippen LogP contribution is 2.35. The van der Waals surface area contributed by atoms with Crippen molar-refractivity contribution in [2.24, 2.45) is 0 Å². The van der Waals surface area contributed by atoms with Gasteiger partial charge in [-0.15, -0.1) is 0 Å². The van der Waals surface area contributed by atoms with E-state index in [4.69, 9.17) is 27.6 Å². The normalized spacial score (nSPS) is 15.8. The number of nitrogens with zero attached hydrogens (tertiary/aromatic N) is 1. The van der Waals surface area contributed by atoms with Crippen LogP contribution in [0.3, 0.4) is 0 Å². The first-order valence-corrected chi connectivity index (χ1v) is 9.95. The minimum atomic E-state index is -4.53. The highest BCUT2D eigenvalue weighted by molar-refractivity contribution is 6.46. The molecule has 0 atom stereocenters. The van der Waals surface area contributed by atoms with Crippen LogP contribution in [0, 0.1) is 0 Å². The molecule has 3 aromatic rings. The first-order chi connectivity index (χ1) is 15.6. The molecule has 1 saturated heterocycles. The summed E-state index contributed by atoms with van der Waals surface area (Å²) in [5.41, 5.74) is -1.19. The molecule has 33 heavy (non-hydrogen) atoms. The van der Waals surface area contributed by atoms with Gasteiger partial charge in [-0.1, -0.05) is 41.4 Å². The smallest absolute Gasteiger partial charge is 0.416 e. The maximum absolute atomic E-state index is 13.0. The summed E-state index contributed by atoms with van der Waals surface area (Å²) in [6, 6.07) is 10.5. The molecule has 1 aliphatic heterocycles. The number of benzene rings is 2. The van der Waals surface area contributed by atoms with E-state index in [0.29, 0.717) is 4.90 Å². The standard InChI is InChI=1S/C22H11Cl2F3N2O4/c23-15-5-2-6-16(18(15)24)29-20(31)14(19(30)28-21(29)32)10-13-7-8-17(33-13)11-3-1-4-12(9-11)22(25,26)27/h1-10H,(H,28,30,32)/b14-10+. The van der Waals surface area contributed by atoms with E-state index in [1.54, 1.807) is 0 Å². The molecule has 0 aliphatic carbocycles. The summed E-state index contributed by atoms with van der Waals surface area (Å²) in [6.45, 7) is 0. The van der Waals surface area contributed by atoms with Gasteiger partial charge in [0.2, 0.25) is 0 Å². The van der Waals surface area contributed by atoms with Crippen LogP contribution in [0.15, 0.2) is 64.6 Å². The zero-order valence-corrected chi connectivity index (χ0v) is 17.8. The van der Waals surface area contributed by atoms with Crippen LogP contribution in [0.4, 0.5) is 23.7 Å². The fraction of sp³-hybridized carbons (Fsp3) is 0.0455. The van der Waals surface area contributed by atoms with Crippen LogP contribution < -0.4 is 10.2 Å². The molecular weight excluding hydrogens is 484 g/mol. The van der Waals surface area contributed by atoms with E-state index < -0.39 is 35.2 Å². The number of imide groups is 2. The largest absolute Gasteiger partial charge is 0.457 e. The van der Waals surface area contributed by atoms with Crippen molar-refractivity contribution in [1.29, 1.82) is 0 Å². The minimum absolute atomic E-state index is 0.00685. The van der Waals surface area contributed by atoms with Crippen LogP contribution in [0.1, 0.15) is 11.3 Å². The second kappa shape index (κ2) is 8.42. The van der Waals surface area contributed by atoms with E-state index in [9.17, 15) is 27.6 Å². The van der Waals surface area contributed by atoms with Crippen molar-refractivity contribution in [3.05, 3.63) is 81.5 Å². The maximum atomic E-state index is 13.0. The average Bonchev–Trinajstić information content (AvgIpc) is 3.22. The third-order valence-electron chi connectivity index (χ3n) is 4.66. The van der Waals surface area contributed by atoms with E-state index in [2.05, 4.69) is 0 Å². The highest BCUT2D eigenvalue weighted by Gasteiger charge is 2.38. The van der Waals surface area contributed by atoms with Crippen molar-refractivity contribution >= 4 is 52.8 Å². The van der Waals surface area contributed by atoms with E-state index in [0.717, 1.165) is 18.2 Å². The van der Waals surface area contributed by atoms with Crippen LogP contribution in [-0.2, 0) is 15.8 Å². The lowest BCUT2D eigenvalue weighted by molar-refractivity contribution is -0.137. The quantitative estimate of drug-likeness (QED) is 0.361. The number of alkyl halides is 3. The Morgan fingerprint density at radius 1 is 0.970 bits per heavy atom. The van der Waals surface area contributed by atoms with Crippen molar-refractivity contribution in [1.82, 2.24) is 5.32 Å². The Morgan fingerprint density at radius 2 is 1.70 bits per heavy atom. The second-order valence-corrected chi connectivity index (χ2v) is 7.60. The summed E-state index contributed by atoms with van der Waals surface area (Å²) in [5.74, 6) is -1.86. The zero-order chi connectivity index (χ0) is 23.9. The fourth-order valence-corrected chi connectivity index (χ4v) is 3.50. The van der Waals surface area contributed by atoms with Crippen LogP contribution in [-0.4, -0.2) is 17.8 Å². The minimum Gasteiger partial charge on any atom is -0.457 e. The molecule has 2 aromatic carbocycles. The molecule has 1 aliphatic rings. The monoisotopic (exact) mass is 494 g/mol. The zero-order valence-electron chi connectivity index (χ0n) is 16.2. The lowest BCUT2D eigenvalue weighted by atomic mass is 10.1. The van der Waals surface area contributed by atoms with Gasteiger partial charge in [0.25, 0.3) is 11.8 Å². The van der Waals surface area contributed by atoms with Crippen LogP contribution in [0.2, 0.25) is 10.0 Å². The molecule has 6 nitrogen and oxygen atoms in total. The fourth-order valence-electron chi connectivity index (χ4n) is 3.12. The number of carbonyl (C=O) groups is 3. The molecular formula is C22H11Cl2F3N2O4. The second-order valence-electron chi connectivity index (χ2n) is 6.81. The molecule has 1 N–H and O–H groups in total. The number of furan rings is 1. The van der Waals surface area contributed by atoms with E-state index in [-0.39, 0.29) is 32.8 Å². The molecule has 0 bridgehead atoms. The number of hydrogen-bond acceptors (Lipinski definition) is 4. The number of amides is 4. The Bertz CT molecular complexity index is 1330. The van der Waals surface area contributed by atoms with Gasteiger partial charge >= 0.3 is 12.2 Å². The van der Waals surface area contributed by atoms with Crippen molar-refractivity contribution in [3.63, 3.8) is 0 Å². The lowest BCUT2D eigenvalue weighted by Crippen LogP contribution is -2.54. The molecule has 11 heteroatoms. The topological polar surface area (TPSA) is 79.6 Å². The van der Waals surface area contributed by atoms with Gasteiger partial charge in [-0.2, -0.15) is 13.2 Å². The molecule has 0 unspecified atom stereocenters. The van der Waals surface area contributed by atoms with E-state index in [1.807, 2.05) is 5.32 Å². The maximum Gasteiger partial charge on any atom is 0.416 e. The number of rotatable bonds is 3. The molecule has 168 valence electrons. The third kappa shape index (κ3) is 4.37. The van der Waals surface area contributed by atoms with E-state index >= 15 is 0 Å². The number of barbiturate groups is 1. The molecule has 1 fully saturated rings. The predicted molar refractivity (Wildman–Crippen MR) is 115 cm³/mol. The van der Waals surface area contributed by atoms with E-state index in [1.165, 1.54) is 42.5 Å². The Labute approximate surface area is 194 Å². The molecule has 4 amide bonds. The molecule has 2 heterocycles. The Morgan fingerprint density at radius 3 is 2.42 bits per heavy atom. The summed E-state index contributed by atoms with van der Waals surface area (Å²) in [7, 11) is 0. The van der Waals surface area contributed by atoms with Crippen molar-refractivity contribution in [2.45, 2.75) is 6.18 Å². The van der Waals surface area contributed by atoms with Crippen molar-refractivity contribution < 1.29 is 32.0 Å². The Hall–Kier alpha value is -3.56.